The molecule has 22 heavy (non-hydrogen) atoms. The van der Waals surface area contributed by atoms with Crippen molar-refractivity contribution in [1.29, 1.82) is 0 Å². The van der Waals surface area contributed by atoms with Gasteiger partial charge in [-0.1, -0.05) is 30.9 Å². The molecule has 0 atom stereocenters. The maximum atomic E-state index is 8.49. The fourth-order valence-electron chi connectivity index (χ4n) is 3.81. The summed E-state index contributed by atoms with van der Waals surface area (Å²) in [7, 11) is -2.72. The van der Waals surface area contributed by atoms with E-state index < -0.39 is 10.2 Å². The van der Waals surface area contributed by atoms with Crippen molar-refractivity contribution < 1.29 is 33.5 Å². The molecule has 2 aliphatic rings. The number of fused-ring (bicyclic) bond motifs is 2. The zero-order valence-electron chi connectivity index (χ0n) is 13.2. The number of hydrogen-bond acceptors (Lipinski definition) is 4. The highest BCUT2D eigenvalue weighted by atomic mass is 35.7. The van der Waals surface area contributed by atoms with E-state index in [1.807, 2.05) is 0 Å². The van der Waals surface area contributed by atoms with E-state index in [1.165, 1.54) is 43.4 Å². The van der Waals surface area contributed by atoms with E-state index in [2.05, 4.69) is 43.7 Å². The standard InChI is InChI=1S/C16H22N.ClHO4/c1-12-7-8-15-14(11-12)16(13(2)17(15)3)9-5-4-6-10-16;2-1(3,4)5/h7-8,11H,4-6,9-10H2,1-3H3;(H,2,3,4,5)/q+1;/p-1. The molecular weight excluding hydrogens is 306 g/mol. The summed E-state index contributed by atoms with van der Waals surface area (Å²) in [5.74, 6) is 0. The van der Waals surface area contributed by atoms with Crippen LogP contribution in [0.5, 0.6) is 0 Å². The summed E-state index contributed by atoms with van der Waals surface area (Å²) in [6.07, 6.45) is 6.89. The van der Waals surface area contributed by atoms with Crippen LogP contribution in [0.1, 0.15) is 50.2 Å². The lowest BCUT2D eigenvalue weighted by molar-refractivity contribution is -2.00. The first-order valence-electron chi connectivity index (χ1n) is 7.46. The van der Waals surface area contributed by atoms with Gasteiger partial charge in [-0.25, -0.2) is 23.2 Å². The van der Waals surface area contributed by atoms with Crippen LogP contribution in [0.2, 0.25) is 0 Å². The van der Waals surface area contributed by atoms with Gasteiger partial charge in [-0.3, -0.25) is 0 Å². The predicted molar refractivity (Wildman–Crippen MR) is 72.5 cm³/mol. The maximum absolute atomic E-state index is 8.49. The van der Waals surface area contributed by atoms with Crippen molar-refractivity contribution in [3.63, 3.8) is 0 Å². The first-order valence-corrected chi connectivity index (χ1v) is 8.69. The van der Waals surface area contributed by atoms with Crippen LogP contribution in [0.4, 0.5) is 5.69 Å². The molecule has 5 nitrogen and oxygen atoms in total. The summed E-state index contributed by atoms with van der Waals surface area (Å²) in [5, 5.41) is 0. The molecule has 1 fully saturated rings. The van der Waals surface area contributed by atoms with E-state index in [-0.39, 0.29) is 0 Å². The van der Waals surface area contributed by atoms with Gasteiger partial charge in [0.2, 0.25) is 5.69 Å². The molecule has 0 unspecified atom stereocenters. The monoisotopic (exact) mass is 327 g/mol. The van der Waals surface area contributed by atoms with E-state index in [0.29, 0.717) is 5.41 Å². The van der Waals surface area contributed by atoms with E-state index >= 15 is 0 Å². The van der Waals surface area contributed by atoms with Crippen molar-refractivity contribution in [1.82, 2.24) is 0 Å². The van der Waals surface area contributed by atoms with Crippen LogP contribution in [-0.4, -0.2) is 17.3 Å². The zero-order chi connectivity index (χ0) is 16.5. The second-order valence-electron chi connectivity index (χ2n) is 6.19. The molecule has 1 heterocycles. The maximum Gasteiger partial charge on any atom is 0.209 e. The average molecular weight is 328 g/mol. The Morgan fingerprint density at radius 2 is 1.55 bits per heavy atom. The van der Waals surface area contributed by atoms with Crippen molar-refractivity contribution >= 4 is 11.4 Å². The smallest absolute Gasteiger partial charge is 0.209 e. The van der Waals surface area contributed by atoms with Crippen LogP contribution >= 0.6 is 0 Å². The van der Waals surface area contributed by atoms with E-state index in [1.54, 1.807) is 11.3 Å². The van der Waals surface area contributed by atoms with E-state index in [9.17, 15) is 0 Å². The van der Waals surface area contributed by atoms with Gasteiger partial charge in [0.15, 0.2) is 5.71 Å². The summed E-state index contributed by atoms with van der Waals surface area (Å²) in [5.41, 5.74) is 6.37. The van der Waals surface area contributed by atoms with Gasteiger partial charge >= 0.3 is 0 Å². The summed E-state index contributed by atoms with van der Waals surface area (Å²) in [6, 6.07) is 6.97. The van der Waals surface area contributed by atoms with Crippen LogP contribution in [0, 0.1) is 17.2 Å². The lowest BCUT2D eigenvalue weighted by Gasteiger charge is -2.31. The minimum absolute atomic E-state index is 0.369. The van der Waals surface area contributed by atoms with Crippen molar-refractivity contribution in [2.45, 2.75) is 51.4 Å². The minimum Gasteiger partial charge on any atom is -0.222 e. The molecule has 0 saturated heterocycles. The fourth-order valence-corrected chi connectivity index (χ4v) is 3.81. The van der Waals surface area contributed by atoms with Gasteiger partial charge < -0.3 is 0 Å². The number of nitrogens with zero attached hydrogens (tertiary/aromatic N) is 1. The van der Waals surface area contributed by atoms with Crippen molar-refractivity contribution in [3.8, 4) is 0 Å². The quantitative estimate of drug-likeness (QED) is 0.582. The number of hydrogen-bond donors (Lipinski definition) is 0. The Hall–Kier alpha value is -0.980. The molecule has 0 radical (unpaired) electrons. The van der Waals surface area contributed by atoms with Gasteiger partial charge in [-0.15, -0.1) is 10.2 Å². The topological polar surface area (TPSA) is 95.2 Å². The second kappa shape index (κ2) is 6.26. The molecule has 122 valence electrons. The fraction of sp³-hybridized carbons (Fsp3) is 0.562. The molecule has 1 aliphatic carbocycles. The molecule has 0 N–H and O–H groups in total. The highest BCUT2D eigenvalue weighted by molar-refractivity contribution is 5.94. The van der Waals surface area contributed by atoms with Gasteiger partial charge in [-0.05, 0) is 25.8 Å². The third-order valence-electron chi connectivity index (χ3n) is 4.93. The van der Waals surface area contributed by atoms with Crippen LogP contribution < -0.4 is 18.6 Å². The molecule has 1 aromatic rings. The zero-order valence-corrected chi connectivity index (χ0v) is 14.0. The summed E-state index contributed by atoms with van der Waals surface area (Å²) >= 11 is 0. The normalized spacial score (nSPS) is 19.8. The summed E-state index contributed by atoms with van der Waals surface area (Å²) < 4.78 is 36.4. The van der Waals surface area contributed by atoms with Crippen LogP contribution in [0.25, 0.3) is 0 Å². The third kappa shape index (κ3) is 3.50. The largest absolute Gasteiger partial charge is 0.222 e. The third-order valence-corrected chi connectivity index (χ3v) is 4.93. The molecule has 1 saturated carbocycles. The predicted octanol–water partition coefficient (Wildman–Crippen LogP) is -0.811. The number of rotatable bonds is 0. The second-order valence-corrected chi connectivity index (χ2v) is 6.94. The number of halogens is 1. The van der Waals surface area contributed by atoms with Gasteiger partial charge in [0, 0.05) is 18.6 Å². The van der Waals surface area contributed by atoms with Crippen molar-refractivity contribution in [2.75, 3.05) is 7.05 Å². The molecule has 0 amide bonds. The summed E-state index contributed by atoms with van der Waals surface area (Å²) in [6.45, 7) is 4.55. The summed E-state index contributed by atoms with van der Waals surface area (Å²) in [4.78, 5) is 0. The Bertz CT molecular complexity index is 580. The van der Waals surface area contributed by atoms with Crippen LogP contribution in [0.15, 0.2) is 18.2 Å². The Morgan fingerprint density at radius 1 is 1.00 bits per heavy atom. The Morgan fingerprint density at radius 3 is 2.09 bits per heavy atom. The van der Waals surface area contributed by atoms with Gasteiger partial charge in [-0.2, -0.15) is 0 Å². The molecule has 0 aromatic heterocycles. The van der Waals surface area contributed by atoms with Gasteiger partial charge in [0.1, 0.15) is 7.05 Å². The van der Waals surface area contributed by atoms with Crippen molar-refractivity contribution in [2.24, 2.45) is 0 Å². The first kappa shape index (κ1) is 17.4. The molecule has 0 bridgehead atoms. The molecule has 1 spiro atoms. The Balaban J connectivity index is 0.000000309. The Labute approximate surface area is 133 Å². The van der Waals surface area contributed by atoms with Crippen LogP contribution in [-0.2, 0) is 5.41 Å². The highest BCUT2D eigenvalue weighted by Crippen LogP contribution is 2.48. The molecule has 1 aromatic carbocycles. The SMILES string of the molecule is CC1=[N+](C)c2ccc(C)cc2C12CCCCC2.[O-][Cl+3]([O-])([O-])[O-]. The molecule has 3 rings (SSSR count). The highest BCUT2D eigenvalue weighted by Gasteiger charge is 2.48. The minimum atomic E-state index is -4.94. The Kier molecular flexibility index (Phi) is 4.94. The molecule has 6 heteroatoms. The van der Waals surface area contributed by atoms with Crippen molar-refractivity contribution in [3.05, 3.63) is 29.3 Å². The lowest BCUT2D eigenvalue weighted by Crippen LogP contribution is -2.68. The van der Waals surface area contributed by atoms with Gasteiger partial charge in [0.05, 0.1) is 5.41 Å². The van der Waals surface area contributed by atoms with Crippen LogP contribution in [0.3, 0.4) is 0 Å². The lowest BCUT2D eigenvalue weighted by atomic mass is 9.67. The van der Waals surface area contributed by atoms with E-state index in [0.717, 1.165) is 0 Å². The first-order chi connectivity index (χ1) is 10.1. The van der Waals surface area contributed by atoms with Gasteiger partial charge in [0.25, 0.3) is 0 Å². The average Bonchev–Trinajstić information content (AvgIpc) is 2.61. The molecule has 1 aliphatic heterocycles. The van der Waals surface area contributed by atoms with E-state index in [4.69, 9.17) is 18.6 Å². The molecular formula is C16H22ClNO4. The number of aryl methyl sites for hydroxylation is 1. The number of benzene rings is 1.